The summed E-state index contributed by atoms with van der Waals surface area (Å²) in [6.07, 6.45) is -4.57. The number of nitrogens with zero attached hydrogens (tertiary/aromatic N) is 2. The van der Waals surface area contributed by atoms with Crippen molar-refractivity contribution >= 4 is 11.6 Å². The zero-order chi connectivity index (χ0) is 25.6. The average molecular weight is 492 g/mol. The predicted octanol–water partition coefficient (Wildman–Crippen LogP) is 5.79. The third kappa shape index (κ3) is 6.68. The molecule has 1 amide bonds. The van der Waals surface area contributed by atoms with Crippen molar-refractivity contribution in [2.24, 2.45) is 0 Å². The zero-order valence-corrected chi connectivity index (χ0v) is 20.0. The maximum atomic E-state index is 12.9. The van der Waals surface area contributed by atoms with Crippen molar-refractivity contribution in [1.29, 1.82) is 0 Å². The fraction of sp³-hybridized carbons (Fsp3) is 0.360. The first kappa shape index (κ1) is 25.9. The predicted molar refractivity (Wildman–Crippen MR) is 125 cm³/mol. The van der Waals surface area contributed by atoms with Crippen molar-refractivity contribution in [3.8, 4) is 17.2 Å². The van der Waals surface area contributed by atoms with Crippen molar-refractivity contribution in [3.63, 3.8) is 0 Å². The summed E-state index contributed by atoms with van der Waals surface area (Å²) in [6, 6.07) is 12.3. The standard InChI is InChI=1S/C25H28F3N3O4/c1-5-33-21-12-7-18(14-22(21)34-6-2)15-35-20-10-8-19(9-11-20)29-24(32)17(4)31-16(3)13-23(30-31)25(26,27)28/h7-14,17H,5-6,15H2,1-4H3,(H,29,32). The van der Waals surface area contributed by atoms with Gasteiger partial charge in [0.05, 0.1) is 13.2 Å². The maximum Gasteiger partial charge on any atom is 0.435 e. The van der Waals surface area contributed by atoms with Gasteiger partial charge in [0.25, 0.3) is 0 Å². The molecule has 1 unspecified atom stereocenters. The van der Waals surface area contributed by atoms with Crippen LogP contribution in [-0.2, 0) is 17.6 Å². The molecule has 0 spiro atoms. The number of benzene rings is 2. The van der Waals surface area contributed by atoms with Crippen LogP contribution in [0.25, 0.3) is 0 Å². The lowest BCUT2D eigenvalue weighted by molar-refractivity contribution is -0.141. The third-order valence-corrected chi connectivity index (χ3v) is 5.09. The number of anilines is 1. The van der Waals surface area contributed by atoms with Gasteiger partial charge in [-0.15, -0.1) is 0 Å². The van der Waals surface area contributed by atoms with Crippen molar-refractivity contribution < 1.29 is 32.2 Å². The molecule has 3 aromatic rings. The number of hydrogen-bond acceptors (Lipinski definition) is 5. The normalized spacial score (nSPS) is 12.2. The minimum atomic E-state index is -4.57. The molecular weight excluding hydrogens is 463 g/mol. The number of aryl methyl sites for hydroxylation is 1. The number of carbonyl (C=O) groups is 1. The van der Waals surface area contributed by atoms with Gasteiger partial charge in [0.2, 0.25) is 5.91 Å². The van der Waals surface area contributed by atoms with E-state index in [2.05, 4.69) is 10.4 Å². The van der Waals surface area contributed by atoms with Gasteiger partial charge in [-0.2, -0.15) is 18.3 Å². The van der Waals surface area contributed by atoms with Gasteiger partial charge in [-0.25, -0.2) is 0 Å². The van der Waals surface area contributed by atoms with Gasteiger partial charge in [-0.3, -0.25) is 9.48 Å². The first-order valence-electron chi connectivity index (χ1n) is 11.2. The molecule has 0 aliphatic carbocycles. The Labute approximate surface area is 201 Å². The highest BCUT2D eigenvalue weighted by atomic mass is 19.4. The van der Waals surface area contributed by atoms with Crippen LogP contribution in [0.2, 0.25) is 0 Å². The van der Waals surface area contributed by atoms with Crippen molar-refractivity contribution in [2.75, 3.05) is 18.5 Å². The summed E-state index contributed by atoms with van der Waals surface area (Å²) in [5.74, 6) is 1.42. The van der Waals surface area contributed by atoms with Crippen LogP contribution in [0.5, 0.6) is 17.2 Å². The Kier molecular flexibility index (Phi) is 8.26. The van der Waals surface area contributed by atoms with Crippen LogP contribution in [0.3, 0.4) is 0 Å². The van der Waals surface area contributed by atoms with E-state index in [0.717, 1.165) is 16.3 Å². The van der Waals surface area contributed by atoms with Gasteiger partial charge in [0.1, 0.15) is 18.4 Å². The largest absolute Gasteiger partial charge is 0.490 e. The molecule has 35 heavy (non-hydrogen) atoms. The fourth-order valence-electron chi connectivity index (χ4n) is 3.36. The first-order chi connectivity index (χ1) is 16.6. The highest BCUT2D eigenvalue weighted by Crippen LogP contribution is 2.30. The second-order valence-corrected chi connectivity index (χ2v) is 7.74. The molecule has 10 heteroatoms. The zero-order valence-electron chi connectivity index (χ0n) is 20.0. The molecular formula is C25H28F3N3O4. The summed E-state index contributed by atoms with van der Waals surface area (Å²) in [7, 11) is 0. The summed E-state index contributed by atoms with van der Waals surface area (Å²) in [5.41, 5.74) is 0.591. The van der Waals surface area contributed by atoms with Crippen LogP contribution in [-0.4, -0.2) is 28.9 Å². The van der Waals surface area contributed by atoms with Crippen molar-refractivity contribution in [1.82, 2.24) is 9.78 Å². The number of ether oxygens (including phenoxy) is 3. The Morgan fingerprint density at radius 2 is 1.66 bits per heavy atom. The summed E-state index contributed by atoms with van der Waals surface area (Å²) >= 11 is 0. The van der Waals surface area contributed by atoms with Gasteiger partial charge in [-0.1, -0.05) is 6.07 Å². The molecule has 0 saturated carbocycles. The molecule has 1 N–H and O–H groups in total. The summed E-state index contributed by atoms with van der Waals surface area (Å²) in [6.45, 7) is 8.11. The van der Waals surface area contributed by atoms with Gasteiger partial charge in [0, 0.05) is 11.4 Å². The molecule has 1 atom stereocenters. The van der Waals surface area contributed by atoms with Crippen LogP contribution in [0.1, 0.15) is 43.8 Å². The minimum Gasteiger partial charge on any atom is -0.490 e. The van der Waals surface area contributed by atoms with E-state index in [9.17, 15) is 18.0 Å². The lowest BCUT2D eigenvalue weighted by atomic mass is 10.2. The number of carbonyl (C=O) groups excluding carboxylic acids is 1. The van der Waals surface area contributed by atoms with Crippen molar-refractivity contribution in [3.05, 3.63) is 65.5 Å². The smallest absolute Gasteiger partial charge is 0.435 e. The van der Waals surface area contributed by atoms with E-state index in [1.807, 2.05) is 32.0 Å². The Morgan fingerprint density at radius 1 is 1.00 bits per heavy atom. The van der Waals surface area contributed by atoms with Crippen LogP contribution in [0.4, 0.5) is 18.9 Å². The number of hydrogen-bond donors (Lipinski definition) is 1. The summed E-state index contributed by atoms with van der Waals surface area (Å²) in [5, 5.41) is 6.23. The minimum absolute atomic E-state index is 0.241. The SMILES string of the molecule is CCOc1ccc(COc2ccc(NC(=O)C(C)n3nc(C(F)(F)F)cc3C)cc2)cc1OCC. The van der Waals surface area contributed by atoms with Gasteiger partial charge >= 0.3 is 6.18 Å². The number of aromatic nitrogens is 2. The number of amides is 1. The van der Waals surface area contributed by atoms with E-state index in [1.54, 1.807) is 24.3 Å². The Hall–Kier alpha value is -3.69. The van der Waals surface area contributed by atoms with Crippen LogP contribution in [0, 0.1) is 6.92 Å². The maximum absolute atomic E-state index is 12.9. The topological polar surface area (TPSA) is 74.6 Å². The summed E-state index contributed by atoms with van der Waals surface area (Å²) in [4.78, 5) is 12.6. The highest BCUT2D eigenvalue weighted by Gasteiger charge is 2.35. The van der Waals surface area contributed by atoms with E-state index in [-0.39, 0.29) is 5.69 Å². The van der Waals surface area contributed by atoms with Crippen LogP contribution >= 0.6 is 0 Å². The Morgan fingerprint density at radius 3 is 2.26 bits per heavy atom. The van der Waals surface area contributed by atoms with E-state index in [4.69, 9.17) is 14.2 Å². The molecule has 1 heterocycles. The molecule has 1 aromatic heterocycles. The number of alkyl halides is 3. The Bertz CT molecular complexity index is 1140. The second kappa shape index (κ2) is 11.2. The molecule has 0 fully saturated rings. The first-order valence-corrected chi connectivity index (χ1v) is 11.2. The van der Waals surface area contributed by atoms with E-state index < -0.39 is 23.8 Å². The van der Waals surface area contributed by atoms with Gasteiger partial charge < -0.3 is 19.5 Å². The lowest BCUT2D eigenvalue weighted by Gasteiger charge is -2.15. The number of nitrogens with one attached hydrogen (secondary N) is 1. The quantitative estimate of drug-likeness (QED) is 0.389. The summed E-state index contributed by atoms with van der Waals surface area (Å²) < 4.78 is 56.8. The van der Waals surface area contributed by atoms with Crippen molar-refractivity contribution in [2.45, 2.75) is 46.5 Å². The second-order valence-electron chi connectivity index (χ2n) is 7.74. The van der Waals surface area contributed by atoms with E-state index >= 15 is 0 Å². The molecule has 0 radical (unpaired) electrons. The molecule has 0 bridgehead atoms. The van der Waals surface area contributed by atoms with Gasteiger partial charge in [-0.05, 0) is 75.7 Å². The molecule has 2 aromatic carbocycles. The molecule has 0 aliphatic heterocycles. The van der Waals surface area contributed by atoms with E-state index in [1.165, 1.54) is 13.8 Å². The monoisotopic (exact) mass is 491 g/mol. The van der Waals surface area contributed by atoms with Gasteiger partial charge in [0.15, 0.2) is 17.2 Å². The molecule has 0 aliphatic rings. The molecule has 7 nitrogen and oxygen atoms in total. The molecule has 188 valence electrons. The van der Waals surface area contributed by atoms with Crippen LogP contribution in [0.15, 0.2) is 48.5 Å². The molecule has 3 rings (SSSR count). The fourth-order valence-corrected chi connectivity index (χ4v) is 3.36. The number of rotatable bonds is 10. The number of halogens is 3. The Balaban J connectivity index is 1.60. The third-order valence-electron chi connectivity index (χ3n) is 5.09. The highest BCUT2D eigenvalue weighted by molar-refractivity contribution is 5.93. The lowest BCUT2D eigenvalue weighted by Crippen LogP contribution is -2.25. The molecule has 0 saturated heterocycles. The van der Waals surface area contributed by atoms with Crippen LogP contribution < -0.4 is 19.5 Å². The van der Waals surface area contributed by atoms with E-state index in [0.29, 0.717) is 42.8 Å². The average Bonchev–Trinajstić information content (AvgIpc) is 3.22.